The van der Waals surface area contributed by atoms with Crippen molar-refractivity contribution in [2.24, 2.45) is 0 Å². The molecule has 0 heterocycles. The maximum atomic E-state index is 5.85. The molecule has 0 aromatic heterocycles. The molecule has 0 unspecified atom stereocenters. The van der Waals surface area contributed by atoms with Crippen LogP contribution in [0.3, 0.4) is 0 Å². The van der Waals surface area contributed by atoms with Gasteiger partial charge in [0.2, 0.25) is 0 Å². The average molecular weight is 310 g/mol. The molecule has 3 heteroatoms. The largest absolute Gasteiger partial charge is 0.0883 e. The Morgan fingerprint density at radius 3 is 2.67 bits per heavy atom. The van der Waals surface area contributed by atoms with Gasteiger partial charge in [0.05, 0.1) is 0 Å². The van der Waals surface area contributed by atoms with Crippen molar-refractivity contribution in [1.29, 1.82) is 0 Å². The topological polar surface area (TPSA) is 0 Å². The van der Waals surface area contributed by atoms with Crippen LogP contribution in [0, 0.1) is 0 Å². The lowest BCUT2D eigenvalue weighted by atomic mass is 10.2. The molecular formula is C9H7Br2Cl. The molecule has 1 rings (SSSR count). The summed E-state index contributed by atoms with van der Waals surface area (Å²) >= 11 is 12.5. The van der Waals surface area contributed by atoms with Crippen molar-refractivity contribution in [3.8, 4) is 0 Å². The highest BCUT2D eigenvalue weighted by Crippen LogP contribution is 2.20. The molecule has 0 N–H and O–H groups in total. The highest BCUT2D eigenvalue weighted by atomic mass is 79.9. The second-order valence-corrected chi connectivity index (χ2v) is 4.26. The average Bonchev–Trinajstić information content (AvgIpc) is 1.99. The molecule has 0 aliphatic rings. The number of benzene rings is 1. The lowest BCUT2D eigenvalue weighted by Crippen LogP contribution is -1.73. The Kier molecular flexibility index (Phi) is 4.33. The molecule has 0 amide bonds. The summed E-state index contributed by atoms with van der Waals surface area (Å²) in [5, 5.41) is 1.61. The molecule has 0 aliphatic heterocycles. The van der Waals surface area contributed by atoms with E-state index in [1.165, 1.54) is 0 Å². The predicted molar refractivity (Wildman–Crippen MR) is 62.0 cm³/mol. The molecule has 0 spiro atoms. The van der Waals surface area contributed by atoms with E-state index in [1.807, 2.05) is 30.4 Å². The summed E-state index contributed by atoms with van der Waals surface area (Å²) < 4.78 is 1.00. The van der Waals surface area contributed by atoms with E-state index < -0.39 is 0 Å². The van der Waals surface area contributed by atoms with Crippen LogP contribution in [0.25, 0.3) is 6.08 Å². The minimum atomic E-state index is 0.749. The lowest BCUT2D eigenvalue weighted by Gasteiger charge is -1.96. The van der Waals surface area contributed by atoms with Crippen LogP contribution >= 0.6 is 43.5 Å². The minimum Gasteiger partial charge on any atom is -0.0883 e. The third-order valence-electron chi connectivity index (χ3n) is 1.28. The fraction of sp³-hybridized carbons (Fsp3) is 0.111. The Hall–Kier alpha value is 0.210. The first kappa shape index (κ1) is 10.3. The van der Waals surface area contributed by atoms with Gasteiger partial charge in [-0.15, -0.1) is 0 Å². The third-order valence-corrected chi connectivity index (χ3v) is 2.33. The molecule has 12 heavy (non-hydrogen) atoms. The first-order chi connectivity index (χ1) is 5.72. The molecule has 0 bridgehead atoms. The molecule has 0 fully saturated rings. The Bertz CT molecular complexity index is 274. The van der Waals surface area contributed by atoms with Gasteiger partial charge in [0.1, 0.15) is 0 Å². The summed E-state index contributed by atoms with van der Waals surface area (Å²) in [6, 6.07) is 5.81. The van der Waals surface area contributed by atoms with Crippen LogP contribution in [-0.2, 0) is 0 Å². The monoisotopic (exact) mass is 308 g/mol. The van der Waals surface area contributed by atoms with Gasteiger partial charge in [0.15, 0.2) is 0 Å². The predicted octanol–water partition coefficient (Wildman–Crippen LogP) is 4.51. The van der Waals surface area contributed by atoms with Crippen LogP contribution < -0.4 is 0 Å². The Morgan fingerprint density at radius 2 is 2.08 bits per heavy atom. The normalized spacial score (nSPS) is 10.9. The summed E-state index contributed by atoms with van der Waals surface area (Å²) in [4.78, 5) is 0. The maximum absolute atomic E-state index is 5.85. The molecule has 1 aromatic carbocycles. The van der Waals surface area contributed by atoms with E-state index in [1.54, 1.807) is 0 Å². The first-order valence-corrected chi connectivity index (χ1v) is 5.70. The first-order valence-electron chi connectivity index (χ1n) is 3.41. The summed E-state index contributed by atoms with van der Waals surface area (Å²) in [5.41, 5.74) is 1.11. The molecule has 64 valence electrons. The smallest absolute Gasteiger partial charge is 0.0423 e. The fourth-order valence-electron chi connectivity index (χ4n) is 0.852. The van der Waals surface area contributed by atoms with Gasteiger partial charge in [-0.2, -0.15) is 0 Å². The number of alkyl halides is 1. The van der Waals surface area contributed by atoms with E-state index in [0.29, 0.717) is 0 Å². The van der Waals surface area contributed by atoms with E-state index in [4.69, 9.17) is 11.6 Å². The standard InChI is InChI=1S/C9H7Br2Cl/c10-3-1-2-7-4-8(11)6-9(12)5-7/h1-2,4-6H,3H2. The Balaban J connectivity index is 2.93. The van der Waals surface area contributed by atoms with Gasteiger partial charge in [-0.05, 0) is 23.8 Å². The van der Waals surface area contributed by atoms with Crippen LogP contribution in [0.1, 0.15) is 5.56 Å². The van der Waals surface area contributed by atoms with Crippen molar-refractivity contribution >= 4 is 49.5 Å². The molecule has 0 saturated heterocycles. The molecule has 1 aromatic rings. The number of hydrogen-bond donors (Lipinski definition) is 0. The van der Waals surface area contributed by atoms with Gasteiger partial charge in [-0.25, -0.2) is 0 Å². The van der Waals surface area contributed by atoms with Crippen molar-refractivity contribution in [2.45, 2.75) is 0 Å². The van der Waals surface area contributed by atoms with Crippen LogP contribution in [0.4, 0.5) is 0 Å². The molecule has 0 saturated carbocycles. The van der Waals surface area contributed by atoms with Crippen LogP contribution in [-0.4, -0.2) is 5.33 Å². The van der Waals surface area contributed by atoms with Gasteiger partial charge in [-0.1, -0.05) is 55.6 Å². The van der Waals surface area contributed by atoms with E-state index in [0.717, 1.165) is 20.4 Å². The van der Waals surface area contributed by atoms with E-state index in [9.17, 15) is 0 Å². The zero-order chi connectivity index (χ0) is 8.97. The summed E-state index contributed by atoms with van der Waals surface area (Å²) in [7, 11) is 0. The van der Waals surface area contributed by atoms with Crippen molar-refractivity contribution < 1.29 is 0 Å². The quantitative estimate of drug-likeness (QED) is 0.705. The Labute approximate surface area is 93.9 Å². The van der Waals surface area contributed by atoms with Gasteiger partial charge in [-0.3, -0.25) is 0 Å². The van der Waals surface area contributed by atoms with E-state index >= 15 is 0 Å². The van der Waals surface area contributed by atoms with Gasteiger partial charge in [0, 0.05) is 14.8 Å². The minimum absolute atomic E-state index is 0.749. The zero-order valence-corrected chi connectivity index (χ0v) is 10.2. The second-order valence-electron chi connectivity index (χ2n) is 2.26. The number of hydrogen-bond acceptors (Lipinski definition) is 0. The van der Waals surface area contributed by atoms with E-state index in [-0.39, 0.29) is 0 Å². The SMILES string of the molecule is Clc1cc(Br)cc(C=CCBr)c1. The highest BCUT2D eigenvalue weighted by Gasteiger charge is 1.93. The van der Waals surface area contributed by atoms with Crippen LogP contribution in [0.2, 0.25) is 5.02 Å². The van der Waals surface area contributed by atoms with Crippen LogP contribution in [0.5, 0.6) is 0 Å². The maximum Gasteiger partial charge on any atom is 0.0423 e. The van der Waals surface area contributed by atoms with Gasteiger partial charge in [0.25, 0.3) is 0 Å². The lowest BCUT2D eigenvalue weighted by molar-refractivity contribution is 1.60. The highest BCUT2D eigenvalue weighted by molar-refractivity contribution is 9.10. The van der Waals surface area contributed by atoms with Gasteiger partial charge < -0.3 is 0 Å². The van der Waals surface area contributed by atoms with Gasteiger partial charge >= 0.3 is 0 Å². The van der Waals surface area contributed by atoms with Crippen molar-refractivity contribution in [3.63, 3.8) is 0 Å². The number of rotatable bonds is 2. The van der Waals surface area contributed by atoms with Crippen molar-refractivity contribution in [1.82, 2.24) is 0 Å². The molecular weight excluding hydrogens is 303 g/mol. The second kappa shape index (κ2) is 5.05. The van der Waals surface area contributed by atoms with Crippen molar-refractivity contribution in [2.75, 3.05) is 5.33 Å². The molecule has 0 aliphatic carbocycles. The summed E-state index contributed by atoms with van der Waals surface area (Å²) in [6.07, 6.45) is 4.05. The summed E-state index contributed by atoms with van der Waals surface area (Å²) in [5.74, 6) is 0. The summed E-state index contributed by atoms with van der Waals surface area (Å²) in [6.45, 7) is 0. The number of allylic oxidation sites excluding steroid dienone is 1. The van der Waals surface area contributed by atoms with E-state index in [2.05, 4.69) is 31.9 Å². The molecule has 0 radical (unpaired) electrons. The van der Waals surface area contributed by atoms with Crippen molar-refractivity contribution in [3.05, 3.63) is 39.3 Å². The molecule has 0 nitrogen and oxygen atoms in total. The number of halogens is 3. The third kappa shape index (κ3) is 3.30. The zero-order valence-electron chi connectivity index (χ0n) is 6.23. The van der Waals surface area contributed by atoms with Crippen LogP contribution in [0.15, 0.2) is 28.7 Å². The molecule has 0 atom stereocenters. The Morgan fingerprint density at radius 1 is 1.33 bits per heavy atom. The fourth-order valence-corrected chi connectivity index (χ4v) is 1.93.